The van der Waals surface area contributed by atoms with Crippen LogP contribution in [0.25, 0.3) is 5.69 Å². The van der Waals surface area contributed by atoms with Gasteiger partial charge in [0.25, 0.3) is 11.5 Å². The predicted octanol–water partition coefficient (Wildman–Crippen LogP) is 2.25. The first kappa shape index (κ1) is 17.3. The second-order valence-corrected chi connectivity index (χ2v) is 6.00. The number of amides is 1. The van der Waals surface area contributed by atoms with Gasteiger partial charge in [-0.25, -0.2) is 10.1 Å². The number of carbonyl (C=O) groups is 1. The van der Waals surface area contributed by atoms with Crippen molar-refractivity contribution in [1.82, 2.24) is 20.2 Å². The van der Waals surface area contributed by atoms with Gasteiger partial charge in [-0.05, 0) is 56.2 Å². The van der Waals surface area contributed by atoms with Crippen molar-refractivity contribution in [3.63, 3.8) is 0 Å². The number of rotatable bonds is 4. The van der Waals surface area contributed by atoms with Gasteiger partial charge >= 0.3 is 0 Å². The molecule has 7 heteroatoms. The highest BCUT2D eigenvalue weighted by Gasteiger charge is 2.11. The number of hydrogen-bond acceptors (Lipinski definition) is 4. The summed E-state index contributed by atoms with van der Waals surface area (Å²) < 4.78 is 1.46. The van der Waals surface area contributed by atoms with Crippen LogP contribution in [0.4, 0.5) is 0 Å². The lowest BCUT2D eigenvalue weighted by Crippen LogP contribution is -2.20. The molecule has 1 aromatic carbocycles. The lowest BCUT2D eigenvalue weighted by Gasteiger charge is -2.05. The zero-order chi connectivity index (χ0) is 18.7. The Morgan fingerprint density at radius 2 is 2.04 bits per heavy atom. The van der Waals surface area contributed by atoms with Crippen LogP contribution in [-0.4, -0.2) is 26.9 Å². The van der Waals surface area contributed by atoms with Crippen LogP contribution in [0, 0.1) is 20.8 Å². The van der Waals surface area contributed by atoms with Crippen molar-refractivity contribution in [1.29, 1.82) is 0 Å². The Balaban J connectivity index is 1.83. The van der Waals surface area contributed by atoms with Crippen LogP contribution >= 0.6 is 0 Å². The number of aryl methyl sites for hydroxylation is 3. The van der Waals surface area contributed by atoms with Crippen molar-refractivity contribution in [3.05, 3.63) is 81.0 Å². The quantitative estimate of drug-likeness (QED) is 0.559. The summed E-state index contributed by atoms with van der Waals surface area (Å²) in [6.07, 6.45) is 4.37. The van der Waals surface area contributed by atoms with E-state index in [2.05, 4.69) is 20.6 Å². The third-order valence-corrected chi connectivity index (χ3v) is 4.15. The molecule has 3 rings (SSSR count). The third-order valence-electron chi connectivity index (χ3n) is 4.15. The second kappa shape index (κ2) is 7.18. The highest BCUT2D eigenvalue weighted by Crippen LogP contribution is 2.12. The zero-order valence-corrected chi connectivity index (χ0v) is 14.8. The van der Waals surface area contributed by atoms with Crippen LogP contribution in [0.3, 0.4) is 0 Å². The molecule has 2 heterocycles. The number of hydrazone groups is 1. The van der Waals surface area contributed by atoms with Crippen molar-refractivity contribution in [2.45, 2.75) is 20.8 Å². The maximum atomic E-state index is 12.6. The number of aromatic nitrogens is 3. The Morgan fingerprint density at radius 1 is 1.23 bits per heavy atom. The van der Waals surface area contributed by atoms with Crippen LogP contribution in [0.5, 0.6) is 0 Å². The first-order valence-corrected chi connectivity index (χ1v) is 8.10. The van der Waals surface area contributed by atoms with Crippen LogP contribution in [0.15, 0.2) is 52.6 Å². The van der Waals surface area contributed by atoms with Gasteiger partial charge in [-0.15, -0.1) is 0 Å². The van der Waals surface area contributed by atoms with E-state index in [0.717, 1.165) is 16.8 Å². The highest BCUT2D eigenvalue weighted by molar-refractivity contribution is 5.94. The average molecular weight is 349 g/mol. The number of aromatic amines is 1. The molecular weight excluding hydrogens is 330 g/mol. The Bertz CT molecular complexity index is 1030. The van der Waals surface area contributed by atoms with Crippen molar-refractivity contribution in [3.8, 4) is 5.69 Å². The molecule has 0 aliphatic heterocycles. The van der Waals surface area contributed by atoms with Crippen molar-refractivity contribution >= 4 is 12.1 Å². The molecule has 0 spiro atoms. The van der Waals surface area contributed by atoms with Gasteiger partial charge < -0.3 is 0 Å². The molecule has 7 nitrogen and oxygen atoms in total. The maximum absolute atomic E-state index is 12.6. The Hall–Kier alpha value is -3.48. The normalized spacial score (nSPS) is 11.0. The van der Waals surface area contributed by atoms with Crippen molar-refractivity contribution in [2.24, 2.45) is 5.10 Å². The van der Waals surface area contributed by atoms with E-state index in [4.69, 9.17) is 0 Å². The number of pyridine rings is 1. The number of nitrogens with zero attached hydrogens (tertiary/aromatic N) is 3. The summed E-state index contributed by atoms with van der Waals surface area (Å²) in [7, 11) is 0. The molecule has 0 saturated heterocycles. The van der Waals surface area contributed by atoms with Gasteiger partial charge in [-0.3, -0.25) is 19.7 Å². The van der Waals surface area contributed by atoms with Crippen molar-refractivity contribution < 1.29 is 4.79 Å². The molecule has 0 unspecified atom stereocenters. The first-order chi connectivity index (χ1) is 12.5. The maximum Gasteiger partial charge on any atom is 0.280 e. The number of nitrogens with one attached hydrogen (secondary N) is 2. The fourth-order valence-electron chi connectivity index (χ4n) is 2.48. The van der Waals surface area contributed by atoms with E-state index in [-0.39, 0.29) is 5.56 Å². The molecule has 0 saturated carbocycles. The van der Waals surface area contributed by atoms with E-state index in [0.29, 0.717) is 16.8 Å². The highest BCUT2D eigenvalue weighted by atomic mass is 16.2. The van der Waals surface area contributed by atoms with Crippen LogP contribution in [0.1, 0.15) is 32.7 Å². The number of carbonyl (C=O) groups excluding carboxylic acids is 1. The molecule has 0 bridgehead atoms. The number of benzene rings is 1. The number of hydrogen-bond donors (Lipinski definition) is 2. The SMILES string of the molecule is Cc1ccc(-n2[nH]c(C)c(C=NNC(=O)c3cccnc3)c2=O)cc1C. The Kier molecular flexibility index (Phi) is 4.79. The summed E-state index contributed by atoms with van der Waals surface area (Å²) in [4.78, 5) is 28.5. The van der Waals surface area contributed by atoms with E-state index in [1.54, 1.807) is 25.3 Å². The van der Waals surface area contributed by atoms with E-state index in [9.17, 15) is 9.59 Å². The number of H-pyrrole nitrogens is 1. The average Bonchev–Trinajstić information content (AvgIpc) is 2.93. The van der Waals surface area contributed by atoms with Gasteiger partial charge in [0.2, 0.25) is 0 Å². The monoisotopic (exact) mass is 349 g/mol. The van der Waals surface area contributed by atoms with Gasteiger partial charge in [0.1, 0.15) is 0 Å². The van der Waals surface area contributed by atoms with Crippen LogP contribution in [0.2, 0.25) is 0 Å². The van der Waals surface area contributed by atoms with Crippen LogP contribution in [-0.2, 0) is 0 Å². The molecule has 26 heavy (non-hydrogen) atoms. The predicted molar refractivity (Wildman–Crippen MR) is 99.9 cm³/mol. The van der Waals surface area contributed by atoms with Crippen molar-refractivity contribution in [2.75, 3.05) is 0 Å². The molecule has 0 aliphatic rings. The Labute approximate surface area is 150 Å². The van der Waals surface area contributed by atoms with E-state index in [1.807, 2.05) is 32.0 Å². The molecule has 0 radical (unpaired) electrons. The fraction of sp³-hybridized carbons (Fsp3) is 0.158. The second-order valence-electron chi connectivity index (χ2n) is 6.00. The molecule has 2 N–H and O–H groups in total. The molecule has 1 amide bonds. The Morgan fingerprint density at radius 3 is 2.73 bits per heavy atom. The summed E-state index contributed by atoms with van der Waals surface area (Å²) in [5.41, 5.74) is 6.61. The molecule has 0 aliphatic carbocycles. The van der Waals surface area contributed by atoms with Gasteiger partial charge in [0.15, 0.2) is 0 Å². The minimum Gasteiger partial charge on any atom is -0.295 e. The van der Waals surface area contributed by atoms with E-state index < -0.39 is 5.91 Å². The molecule has 132 valence electrons. The minimum atomic E-state index is -0.392. The lowest BCUT2D eigenvalue weighted by atomic mass is 10.1. The summed E-state index contributed by atoms with van der Waals surface area (Å²) >= 11 is 0. The molecule has 3 aromatic rings. The molecule has 0 atom stereocenters. The standard InChI is InChI=1S/C19H19N5O2/c1-12-6-7-16(9-13(12)2)24-19(26)17(14(3)23-24)11-21-22-18(25)15-5-4-8-20-10-15/h4-11,23H,1-3H3,(H,22,25). The molecule has 0 fully saturated rings. The third kappa shape index (κ3) is 3.46. The summed E-state index contributed by atoms with van der Waals surface area (Å²) in [5.74, 6) is -0.392. The summed E-state index contributed by atoms with van der Waals surface area (Å²) in [6, 6.07) is 9.08. The smallest absolute Gasteiger partial charge is 0.280 e. The molecular formula is C19H19N5O2. The largest absolute Gasteiger partial charge is 0.295 e. The van der Waals surface area contributed by atoms with Gasteiger partial charge in [0, 0.05) is 18.1 Å². The summed E-state index contributed by atoms with van der Waals surface area (Å²) in [6.45, 7) is 5.80. The van der Waals surface area contributed by atoms with E-state index >= 15 is 0 Å². The molecule has 2 aromatic heterocycles. The first-order valence-electron chi connectivity index (χ1n) is 8.10. The summed E-state index contributed by atoms with van der Waals surface area (Å²) in [5, 5.41) is 6.93. The van der Waals surface area contributed by atoms with Gasteiger partial charge in [-0.2, -0.15) is 5.10 Å². The topological polar surface area (TPSA) is 92.1 Å². The van der Waals surface area contributed by atoms with E-state index in [1.165, 1.54) is 17.1 Å². The minimum absolute atomic E-state index is 0.231. The van der Waals surface area contributed by atoms with Gasteiger partial charge in [-0.1, -0.05) is 6.07 Å². The lowest BCUT2D eigenvalue weighted by molar-refractivity contribution is 0.0955. The zero-order valence-electron chi connectivity index (χ0n) is 14.8. The van der Waals surface area contributed by atoms with Gasteiger partial charge in [0.05, 0.1) is 23.0 Å². The fourth-order valence-corrected chi connectivity index (χ4v) is 2.48. The van der Waals surface area contributed by atoms with Crippen LogP contribution < -0.4 is 11.0 Å².